The van der Waals surface area contributed by atoms with Crippen molar-refractivity contribution in [2.24, 2.45) is 0 Å². The van der Waals surface area contributed by atoms with E-state index in [-0.39, 0.29) is 5.75 Å². The Balaban J connectivity index is 2.13. The van der Waals surface area contributed by atoms with Gasteiger partial charge >= 0.3 is 0 Å². The van der Waals surface area contributed by atoms with Crippen LogP contribution in [0.3, 0.4) is 0 Å². The molecule has 0 fully saturated rings. The molecule has 2 aromatic carbocycles. The first kappa shape index (κ1) is 17.6. The minimum absolute atomic E-state index is 0.188. The number of benzene rings is 2. The highest BCUT2D eigenvalue weighted by Crippen LogP contribution is 2.40. The molecule has 3 aromatic rings. The highest BCUT2D eigenvalue weighted by Gasteiger charge is 2.16. The van der Waals surface area contributed by atoms with E-state index in [0.717, 1.165) is 5.69 Å². The fourth-order valence-electron chi connectivity index (χ4n) is 2.75. The van der Waals surface area contributed by atoms with Crippen LogP contribution in [0.5, 0.6) is 23.0 Å². The largest absolute Gasteiger partial charge is 0.494 e. The SMILES string of the molecule is COc1ccc(-c2cncn2-c2cc(OC)c(OC)c(OC)c2)cc1F. The number of hydrogen-bond acceptors (Lipinski definition) is 5. The fourth-order valence-corrected chi connectivity index (χ4v) is 2.75. The quantitative estimate of drug-likeness (QED) is 0.672. The molecule has 26 heavy (non-hydrogen) atoms. The van der Waals surface area contributed by atoms with Crippen molar-refractivity contribution in [3.8, 4) is 39.9 Å². The summed E-state index contributed by atoms with van der Waals surface area (Å²) < 4.78 is 37.0. The topological polar surface area (TPSA) is 54.7 Å². The molecule has 1 aromatic heterocycles. The molecule has 6 nitrogen and oxygen atoms in total. The van der Waals surface area contributed by atoms with Gasteiger partial charge in [-0.2, -0.15) is 0 Å². The van der Waals surface area contributed by atoms with Crippen LogP contribution in [0.1, 0.15) is 0 Å². The van der Waals surface area contributed by atoms with Crippen molar-refractivity contribution >= 4 is 0 Å². The Bertz CT molecular complexity index is 899. The lowest BCUT2D eigenvalue weighted by molar-refractivity contribution is 0.324. The molecule has 0 aliphatic heterocycles. The van der Waals surface area contributed by atoms with Crippen LogP contribution in [-0.4, -0.2) is 38.0 Å². The van der Waals surface area contributed by atoms with Crippen molar-refractivity contribution in [3.63, 3.8) is 0 Å². The average molecular weight is 358 g/mol. The molecule has 0 amide bonds. The maximum atomic E-state index is 14.1. The summed E-state index contributed by atoms with van der Waals surface area (Å²) in [4.78, 5) is 4.20. The van der Waals surface area contributed by atoms with E-state index in [4.69, 9.17) is 18.9 Å². The Labute approximate surface area is 150 Å². The van der Waals surface area contributed by atoms with Crippen LogP contribution in [0.2, 0.25) is 0 Å². The third-order valence-corrected chi connectivity index (χ3v) is 4.01. The summed E-state index contributed by atoms with van der Waals surface area (Å²) in [5.74, 6) is 1.27. The van der Waals surface area contributed by atoms with Gasteiger partial charge in [0.25, 0.3) is 0 Å². The van der Waals surface area contributed by atoms with Gasteiger partial charge < -0.3 is 18.9 Å². The van der Waals surface area contributed by atoms with Crippen molar-refractivity contribution in [2.75, 3.05) is 28.4 Å². The van der Waals surface area contributed by atoms with E-state index in [1.54, 1.807) is 58.1 Å². The monoisotopic (exact) mass is 358 g/mol. The average Bonchev–Trinajstić information content (AvgIpc) is 3.16. The molecule has 7 heteroatoms. The van der Waals surface area contributed by atoms with Crippen LogP contribution < -0.4 is 18.9 Å². The Hall–Kier alpha value is -3.22. The lowest BCUT2D eigenvalue weighted by Gasteiger charge is -2.16. The number of nitrogens with zero attached hydrogens (tertiary/aromatic N) is 2. The highest BCUT2D eigenvalue weighted by molar-refractivity contribution is 5.65. The second kappa shape index (κ2) is 7.35. The van der Waals surface area contributed by atoms with Crippen LogP contribution in [0, 0.1) is 5.82 Å². The summed E-state index contributed by atoms with van der Waals surface area (Å²) in [7, 11) is 6.07. The molecule has 0 unspecified atom stereocenters. The lowest BCUT2D eigenvalue weighted by atomic mass is 10.1. The zero-order valence-electron chi connectivity index (χ0n) is 14.9. The third-order valence-electron chi connectivity index (χ3n) is 4.01. The second-order valence-electron chi connectivity index (χ2n) is 5.38. The zero-order chi connectivity index (χ0) is 18.7. The molecule has 0 bridgehead atoms. The van der Waals surface area contributed by atoms with E-state index >= 15 is 0 Å². The number of aromatic nitrogens is 2. The van der Waals surface area contributed by atoms with E-state index in [2.05, 4.69) is 4.98 Å². The molecule has 136 valence electrons. The van der Waals surface area contributed by atoms with Crippen LogP contribution >= 0.6 is 0 Å². The molecular weight excluding hydrogens is 339 g/mol. The molecule has 0 atom stereocenters. The van der Waals surface area contributed by atoms with E-state index in [1.807, 2.05) is 4.57 Å². The summed E-state index contributed by atoms with van der Waals surface area (Å²) in [5, 5.41) is 0. The first-order valence-electron chi connectivity index (χ1n) is 7.79. The van der Waals surface area contributed by atoms with Gasteiger partial charge in [0.1, 0.15) is 0 Å². The number of ether oxygens (including phenoxy) is 4. The van der Waals surface area contributed by atoms with Crippen molar-refractivity contribution in [1.29, 1.82) is 0 Å². The minimum atomic E-state index is -0.442. The lowest BCUT2D eigenvalue weighted by Crippen LogP contribution is -2.00. The van der Waals surface area contributed by atoms with Crippen LogP contribution in [-0.2, 0) is 0 Å². The second-order valence-corrected chi connectivity index (χ2v) is 5.38. The molecule has 0 spiro atoms. The molecule has 0 N–H and O–H groups in total. The molecule has 3 rings (SSSR count). The van der Waals surface area contributed by atoms with Crippen molar-refractivity contribution in [2.45, 2.75) is 0 Å². The standard InChI is InChI=1S/C19H19FN2O4/c1-23-16-6-5-12(7-14(16)20)15-10-21-11-22(15)13-8-17(24-2)19(26-4)18(9-13)25-3/h5-11H,1-4H3. The van der Waals surface area contributed by atoms with Crippen molar-refractivity contribution in [3.05, 3.63) is 48.7 Å². The molecule has 0 aliphatic rings. The molecule has 0 aliphatic carbocycles. The number of halogens is 1. The Morgan fingerprint density at radius 1 is 0.846 bits per heavy atom. The smallest absolute Gasteiger partial charge is 0.203 e. The minimum Gasteiger partial charge on any atom is -0.494 e. The maximum absolute atomic E-state index is 14.1. The Morgan fingerprint density at radius 2 is 1.50 bits per heavy atom. The summed E-state index contributed by atoms with van der Waals surface area (Å²) in [5.41, 5.74) is 2.11. The maximum Gasteiger partial charge on any atom is 0.203 e. The van der Waals surface area contributed by atoms with E-state index in [0.29, 0.717) is 28.5 Å². The van der Waals surface area contributed by atoms with Crippen molar-refractivity contribution < 1.29 is 23.3 Å². The van der Waals surface area contributed by atoms with Crippen molar-refractivity contribution in [1.82, 2.24) is 9.55 Å². The van der Waals surface area contributed by atoms with Gasteiger partial charge in [-0.3, -0.25) is 4.57 Å². The molecule has 0 saturated carbocycles. The number of rotatable bonds is 6. The normalized spacial score (nSPS) is 10.5. The first-order valence-corrected chi connectivity index (χ1v) is 7.79. The summed E-state index contributed by atoms with van der Waals surface area (Å²) in [6.45, 7) is 0. The van der Waals surface area contributed by atoms with Gasteiger partial charge in [0.2, 0.25) is 5.75 Å². The number of imidazole rings is 1. The van der Waals surface area contributed by atoms with Gasteiger partial charge in [-0.1, -0.05) is 0 Å². The zero-order valence-corrected chi connectivity index (χ0v) is 14.9. The molecule has 0 radical (unpaired) electrons. The fraction of sp³-hybridized carbons (Fsp3) is 0.211. The molecule has 0 saturated heterocycles. The van der Waals surface area contributed by atoms with E-state index < -0.39 is 5.82 Å². The number of hydrogen-bond donors (Lipinski definition) is 0. The summed E-state index contributed by atoms with van der Waals surface area (Å²) in [6.07, 6.45) is 3.29. The van der Waals surface area contributed by atoms with Gasteiger partial charge in [-0.15, -0.1) is 0 Å². The van der Waals surface area contributed by atoms with E-state index in [9.17, 15) is 4.39 Å². The predicted octanol–water partition coefficient (Wildman–Crippen LogP) is 3.71. The predicted molar refractivity (Wildman–Crippen MR) is 95.2 cm³/mol. The number of methoxy groups -OCH3 is 4. The molecular formula is C19H19FN2O4. The van der Waals surface area contributed by atoms with Gasteiger partial charge in [0, 0.05) is 17.7 Å². The van der Waals surface area contributed by atoms with Gasteiger partial charge in [0.05, 0.1) is 52.3 Å². The Kier molecular flexibility index (Phi) is 4.97. The van der Waals surface area contributed by atoms with Gasteiger partial charge in [0.15, 0.2) is 23.1 Å². The summed E-state index contributed by atoms with van der Waals surface area (Å²) in [6, 6.07) is 8.35. The Morgan fingerprint density at radius 3 is 2.04 bits per heavy atom. The van der Waals surface area contributed by atoms with Crippen LogP contribution in [0.4, 0.5) is 4.39 Å². The third kappa shape index (κ3) is 3.03. The van der Waals surface area contributed by atoms with Gasteiger partial charge in [-0.25, -0.2) is 9.37 Å². The summed E-state index contributed by atoms with van der Waals surface area (Å²) >= 11 is 0. The highest BCUT2D eigenvalue weighted by atomic mass is 19.1. The molecule has 1 heterocycles. The first-order chi connectivity index (χ1) is 12.6. The van der Waals surface area contributed by atoms with Crippen LogP contribution in [0.25, 0.3) is 16.9 Å². The van der Waals surface area contributed by atoms with Gasteiger partial charge in [-0.05, 0) is 18.2 Å². The van der Waals surface area contributed by atoms with E-state index in [1.165, 1.54) is 13.2 Å². The van der Waals surface area contributed by atoms with Crippen LogP contribution in [0.15, 0.2) is 42.9 Å².